The summed E-state index contributed by atoms with van der Waals surface area (Å²) in [5.74, 6) is 0.763. The Kier molecular flexibility index (Phi) is 6.70. The number of ether oxygens (including phenoxy) is 1. The fourth-order valence-electron chi connectivity index (χ4n) is 4.67. The Bertz CT molecular complexity index is 1650. The molecule has 2 aromatic carbocycles. The quantitative estimate of drug-likeness (QED) is 0.217. The Morgan fingerprint density at radius 1 is 0.947 bits per heavy atom. The van der Waals surface area contributed by atoms with Crippen molar-refractivity contribution in [2.24, 2.45) is 5.10 Å². The van der Waals surface area contributed by atoms with E-state index in [1.807, 2.05) is 55.5 Å². The summed E-state index contributed by atoms with van der Waals surface area (Å²) in [7, 11) is 0. The van der Waals surface area contributed by atoms with E-state index in [4.69, 9.17) is 9.15 Å². The normalized spacial score (nSPS) is 11.4. The average molecular weight is 509 g/mol. The fraction of sp³-hybridized carbons (Fsp3) is 0.167. The first-order chi connectivity index (χ1) is 18.3. The highest BCUT2D eigenvalue weighted by molar-refractivity contribution is 6.05. The number of hydrogen-bond acceptors (Lipinski definition) is 5. The molecule has 0 bridgehead atoms. The average Bonchev–Trinajstić information content (AvgIpc) is 3.59. The monoisotopic (exact) mass is 508 g/mol. The highest BCUT2D eigenvalue weighted by Crippen LogP contribution is 2.24. The van der Waals surface area contributed by atoms with Gasteiger partial charge >= 0.3 is 5.91 Å². The van der Waals surface area contributed by atoms with Gasteiger partial charge in [0.15, 0.2) is 5.76 Å². The lowest BCUT2D eigenvalue weighted by Gasteiger charge is -2.10. The van der Waals surface area contributed by atoms with Crippen LogP contribution >= 0.6 is 0 Å². The Labute approximate surface area is 220 Å². The maximum absolute atomic E-state index is 12.6. The van der Waals surface area contributed by atoms with Crippen molar-refractivity contribution in [3.05, 3.63) is 107 Å². The first kappa shape index (κ1) is 24.8. The smallest absolute Gasteiger partial charge is 0.307 e. The standard InChI is InChI=1S/C30H28N4O4/c1-19-9-10-20(2)33(19)23-11-13-24(14-12-23)37-18-25-15-16-29(38-25)30(36)32-31-17-27-21(3)34(22(4)35)28-8-6-5-7-26(27)28/h5-17H,18H2,1-4H3,(H,32,36)/b31-17+. The molecule has 0 atom stereocenters. The zero-order chi connectivity index (χ0) is 26.8. The molecule has 8 nitrogen and oxygen atoms in total. The number of carbonyl (C=O) groups is 2. The third-order valence-corrected chi connectivity index (χ3v) is 6.47. The Hall–Kier alpha value is -4.85. The predicted molar refractivity (Wildman–Crippen MR) is 146 cm³/mol. The molecule has 0 radical (unpaired) electrons. The minimum absolute atomic E-state index is 0.0882. The van der Waals surface area contributed by atoms with Crippen LogP contribution in [0, 0.1) is 20.8 Å². The topological polar surface area (TPSA) is 90.8 Å². The molecule has 5 rings (SSSR count). The van der Waals surface area contributed by atoms with E-state index in [2.05, 4.69) is 41.1 Å². The Balaban J connectivity index is 1.21. The lowest BCUT2D eigenvalue weighted by Crippen LogP contribution is -2.17. The SMILES string of the molecule is CC(=O)n1c(C)c(/C=N/NC(=O)c2ccc(COc3ccc(-n4c(C)ccc4C)cc3)o2)c2ccccc21. The number of aromatic nitrogens is 2. The van der Waals surface area contributed by atoms with Crippen molar-refractivity contribution in [1.29, 1.82) is 0 Å². The Morgan fingerprint density at radius 3 is 2.37 bits per heavy atom. The highest BCUT2D eigenvalue weighted by Gasteiger charge is 2.15. The van der Waals surface area contributed by atoms with Crippen LogP contribution < -0.4 is 10.2 Å². The second-order valence-corrected chi connectivity index (χ2v) is 9.07. The van der Waals surface area contributed by atoms with E-state index < -0.39 is 5.91 Å². The predicted octanol–water partition coefficient (Wildman–Crippen LogP) is 5.95. The lowest BCUT2D eigenvalue weighted by molar-refractivity contribution is 0.0919. The Morgan fingerprint density at radius 2 is 1.66 bits per heavy atom. The summed E-state index contributed by atoms with van der Waals surface area (Å²) in [5, 5.41) is 4.98. The van der Waals surface area contributed by atoms with Gasteiger partial charge in [-0.15, -0.1) is 0 Å². The van der Waals surface area contributed by atoms with Crippen LogP contribution in [0.15, 0.2) is 82.3 Å². The zero-order valence-electron chi connectivity index (χ0n) is 21.7. The molecule has 1 N–H and O–H groups in total. The molecule has 1 amide bonds. The molecule has 8 heteroatoms. The number of aryl methyl sites for hydroxylation is 2. The number of furan rings is 1. The third kappa shape index (κ3) is 4.76. The van der Waals surface area contributed by atoms with E-state index in [0.29, 0.717) is 11.5 Å². The molecule has 0 aliphatic carbocycles. The largest absolute Gasteiger partial charge is 0.486 e. The van der Waals surface area contributed by atoms with E-state index in [0.717, 1.165) is 27.8 Å². The summed E-state index contributed by atoms with van der Waals surface area (Å²) in [6.07, 6.45) is 1.54. The van der Waals surface area contributed by atoms with Gasteiger partial charge in [0, 0.05) is 40.6 Å². The zero-order valence-corrected chi connectivity index (χ0v) is 21.7. The van der Waals surface area contributed by atoms with Crippen molar-refractivity contribution < 1.29 is 18.7 Å². The van der Waals surface area contributed by atoms with Crippen LogP contribution in [0.25, 0.3) is 16.6 Å². The molecular formula is C30H28N4O4. The number of benzene rings is 2. The van der Waals surface area contributed by atoms with Gasteiger partial charge in [0.05, 0.1) is 11.7 Å². The van der Waals surface area contributed by atoms with Gasteiger partial charge in [-0.1, -0.05) is 18.2 Å². The van der Waals surface area contributed by atoms with Gasteiger partial charge in [0.2, 0.25) is 5.91 Å². The van der Waals surface area contributed by atoms with Gasteiger partial charge < -0.3 is 13.7 Å². The van der Waals surface area contributed by atoms with Gasteiger partial charge in [-0.05, 0) is 75.4 Å². The maximum Gasteiger partial charge on any atom is 0.307 e. The summed E-state index contributed by atoms with van der Waals surface area (Å²) in [6.45, 7) is 7.69. The molecule has 38 heavy (non-hydrogen) atoms. The molecule has 0 aliphatic rings. The van der Waals surface area contributed by atoms with Crippen molar-refractivity contribution in [3.8, 4) is 11.4 Å². The molecule has 0 fully saturated rings. The fourth-order valence-corrected chi connectivity index (χ4v) is 4.67. The second kappa shape index (κ2) is 10.3. The van der Waals surface area contributed by atoms with Crippen molar-refractivity contribution >= 4 is 28.9 Å². The van der Waals surface area contributed by atoms with Crippen LogP contribution in [-0.4, -0.2) is 27.2 Å². The summed E-state index contributed by atoms with van der Waals surface area (Å²) in [5.41, 5.74) is 8.20. The third-order valence-electron chi connectivity index (χ3n) is 6.47. The summed E-state index contributed by atoms with van der Waals surface area (Å²) >= 11 is 0. The minimum Gasteiger partial charge on any atom is -0.486 e. The number of hydrogen-bond donors (Lipinski definition) is 1. The number of fused-ring (bicyclic) bond motifs is 1. The summed E-state index contributed by atoms with van der Waals surface area (Å²) < 4.78 is 15.3. The number of para-hydroxylation sites is 1. The molecule has 0 saturated heterocycles. The molecule has 0 saturated carbocycles. The molecule has 3 heterocycles. The van der Waals surface area contributed by atoms with Gasteiger partial charge in [-0.3, -0.25) is 14.2 Å². The first-order valence-corrected chi connectivity index (χ1v) is 12.2. The van der Waals surface area contributed by atoms with Gasteiger partial charge in [0.25, 0.3) is 0 Å². The van der Waals surface area contributed by atoms with Gasteiger partial charge in [-0.25, -0.2) is 5.43 Å². The second-order valence-electron chi connectivity index (χ2n) is 9.07. The molecule has 192 valence electrons. The van der Waals surface area contributed by atoms with Crippen LogP contribution in [0.5, 0.6) is 5.75 Å². The maximum atomic E-state index is 12.6. The van der Waals surface area contributed by atoms with Crippen LogP contribution in [0.4, 0.5) is 0 Å². The van der Waals surface area contributed by atoms with Crippen molar-refractivity contribution in [3.63, 3.8) is 0 Å². The highest BCUT2D eigenvalue weighted by atomic mass is 16.5. The van der Waals surface area contributed by atoms with Gasteiger partial charge in [0.1, 0.15) is 18.1 Å². The first-order valence-electron chi connectivity index (χ1n) is 12.2. The van der Waals surface area contributed by atoms with Crippen LogP contribution in [0.2, 0.25) is 0 Å². The molecular weight excluding hydrogens is 480 g/mol. The molecule has 0 spiro atoms. The molecule has 3 aromatic heterocycles. The number of nitrogens with one attached hydrogen (secondary N) is 1. The van der Waals surface area contributed by atoms with Crippen LogP contribution in [0.3, 0.4) is 0 Å². The lowest BCUT2D eigenvalue weighted by atomic mass is 10.1. The number of nitrogens with zero attached hydrogens (tertiary/aromatic N) is 3. The van der Waals surface area contributed by atoms with Crippen molar-refractivity contribution in [2.45, 2.75) is 34.3 Å². The van der Waals surface area contributed by atoms with E-state index in [1.54, 1.807) is 22.9 Å². The van der Waals surface area contributed by atoms with E-state index in [-0.39, 0.29) is 18.3 Å². The summed E-state index contributed by atoms with van der Waals surface area (Å²) in [6, 6.07) is 22.8. The molecule has 0 aliphatic heterocycles. The minimum atomic E-state index is -0.484. The van der Waals surface area contributed by atoms with Crippen molar-refractivity contribution in [1.82, 2.24) is 14.6 Å². The van der Waals surface area contributed by atoms with Crippen LogP contribution in [-0.2, 0) is 6.61 Å². The number of rotatable bonds is 7. The number of hydrazone groups is 1. The van der Waals surface area contributed by atoms with E-state index in [9.17, 15) is 9.59 Å². The number of amides is 1. The van der Waals surface area contributed by atoms with Gasteiger partial charge in [-0.2, -0.15) is 5.10 Å². The number of carbonyl (C=O) groups excluding carboxylic acids is 2. The van der Waals surface area contributed by atoms with E-state index in [1.165, 1.54) is 18.3 Å². The van der Waals surface area contributed by atoms with E-state index >= 15 is 0 Å². The van der Waals surface area contributed by atoms with Crippen molar-refractivity contribution in [2.75, 3.05) is 0 Å². The van der Waals surface area contributed by atoms with Crippen LogP contribution in [0.1, 0.15) is 50.7 Å². The summed E-state index contributed by atoms with van der Waals surface area (Å²) in [4.78, 5) is 24.7. The molecule has 0 unspecified atom stereocenters. The molecule has 5 aromatic rings.